The number of hydrogen-bond acceptors (Lipinski definition) is 7. The topological polar surface area (TPSA) is 54.8 Å². The van der Waals surface area contributed by atoms with Gasteiger partial charge in [-0.1, -0.05) is 66.7 Å². The van der Waals surface area contributed by atoms with E-state index in [2.05, 4.69) is 126 Å². The number of rotatable bonds is 4. The number of fused-ring (bicyclic) bond motifs is 6. The highest BCUT2D eigenvalue weighted by atomic mass is 32.1. The molecule has 0 aliphatic carbocycles. The molecular weight excluding hydrogens is 567 g/mol. The summed E-state index contributed by atoms with van der Waals surface area (Å²) >= 11 is 2.42. The molecule has 7 heteroatoms. The summed E-state index contributed by atoms with van der Waals surface area (Å²) in [7, 11) is 0. The van der Waals surface area contributed by atoms with Gasteiger partial charge in [0.05, 0.1) is 24.8 Å². The van der Waals surface area contributed by atoms with Gasteiger partial charge in [0.15, 0.2) is 0 Å². The molecule has 2 heterocycles. The fraction of sp³-hybridized carbons (Fsp3) is 0. The molecule has 0 N–H and O–H groups in total. The van der Waals surface area contributed by atoms with Gasteiger partial charge in [-0.3, -0.25) is 0 Å². The zero-order chi connectivity index (χ0) is 29.2. The average Bonchev–Trinajstić information content (AvgIpc) is 3.74. The van der Waals surface area contributed by atoms with Crippen LogP contribution in [0.2, 0.25) is 0 Å². The quantitative estimate of drug-likeness (QED) is 0.191. The van der Waals surface area contributed by atoms with E-state index in [4.69, 9.17) is 0 Å². The van der Waals surface area contributed by atoms with Crippen LogP contribution in [0.15, 0.2) is 127 Å². The highest BCUT2D eigenvalue weighted by Crippen LogP contribution is 2.40. The summed E-state index contributed by atoms with van der Waals surface area (Å²) in [5.41, 5.74) is 8.48. The van der Waals surface area contributed by atoms with E-state index in [1.54, 1.807) is 0 Å². The highest BCUT2D eigenvalue weighted by Gasteiger charge is 2.16. The van der Waals surface area contributed by atoms with Crippen LogP contribution in [0.3, 0.4) is 0 Å². The summed E-state index contributed by atoms with van der Waals surface area (Å²) in [4.78, 5) is 2.18. The van der Waals surface area contributed by atoms with Crippen LogP contribution in [-0.4, -0.2) is 17.5 Å². The van der Waals surface area contributed by atoms with Crippen LogP contribution in [0, 0.1) is 0 Å². The second-order valence-corrected chi connectivity index (χ2v) is 11.6. The fourth-order valence-corrected chi connectivity index (χ4v) is 7.05. The van der Waals surface area contributed by atoms with Gasteiger partial charge in [0.25, 0.3) is 0 Å². The Balaban J connectivity index is 1.22. The zero-order valence-corrected chi connectivity index (χ0v) is 24.2. The van der Waals surface area contributed by atoms with Crippen molar-refractivity contribution in [1.29, 1.82) is 0 Å². The molecule has 0 aliphatic rings. The van der Waals surface area contributed by atoms with E-state index in [0.29, 0.717) is 6.04 Å². The molecule has 0 bridgehead atoms. The monoisotopic (exact) mass is 588 g/mol. The Hall–Kier alpha value is -5.24. The van der Waals surface area contributed by atoms with Gasteiger partial charge in [0.1, 0.15) is 22.1 Å². The smallest absolute Gasteiger partial charge is 0.106 e. The van der Waals surface area contributed by atoms with Crippen molar-refractivity contribution >= 4 is 94.9 Å². The maximum absolute atomic E-state index is 9.19. The average molecular weight is 589 g/mol. The van der Waals surface area contributed by atoms with Gasteiger partial charge < -0.3 is 4.90 Å². The van der Waals surface area contributed by atoms with Crippen molar-refractivity contribution in [3.63, 3.8) is 0 Å². The number of anilines is 3. The molecule has 0 saturated heterocycles. The maximum atomic E-state index is 9.19. The van der Waals surface area contributed by atoms with Gasteiger partial charge in [-0.05, 0) is 104 Å². The molecule has 43 heavy (non-hydrogen) atoms. The molecule has 0 unspecified atom stereocenters. The van der Waals surface area contributed by atoms with Crippen molar-refractivity contribution < 1.29 is 1.37 Å². The summed E-state index contributed by atoms with van der Waals surface area (Å²) < 4.78 is 26.9. The van der Waals surface area contributed by atoms with Crippen LogP contribution in [0.1, 0.15) is 1.37 Å². The molecule has 2 aromatic heterocycles. The van der Waals surface area contributed by atoms with Crippen molar-refractivity contribution in [2.24, 2.45) is 0 Å². The van der Waals surface area contributed by atoms with E-state index >= 15 is 0 Å². The van der Waals surface area contributed by atoms with Gasteiger partial charge in [-0.2, -0.15) is 17.5 Å². The normalized spacial score (nSPS) is 12.0. The van der Waals surface area contributed by atoms with Gasteiger partial charge in [-0.15, -0.1) is 0 Å². The summed E-state index contributed by atoms with van der Waals surface area (Å²) in [5, 5.41) is 6.74. The number of benzene rings is 7. The number of hydrogen-bond donors (Lipinski definition) is 0. The third kappa shape index (κ3) is 4.05. The predicted molar refractivity (Wildman–Crippen MR) is 181 cm³/mol. The molecule has 202 valence electrons. The van der Waals surface area contributed by atoms with Crippen molar-refractivity contribution in [3.05, 3.63) is 127 Å². The summed E-state index contributed by atoms with van der Waals surface area (Å²) in [5.74, 6) is 0. The maximum Gasteiger partial charge on any atom is 0.106 e. The third-order valence-electron chi connectivity index (χ3n) is 8.06. The number of aromatic nitrogens is 4. The second-order valence-electron chi connectivity index (χ2n) is 10.6. The van der Waals surface area contributed by atoms with E-state index < -0.39 is 0 Å². The Kier molecular flexibility index (Phi) is 5.24. The lowest BCUT2D eigenvalue weighted by molar-refractivity contribution is 1.30. The molecule has 0 aliphatic heterocycles. The molecule has 9 rings (SSSR count). The fourth-order valence-electron chi connectivity index (χ4n) is 6.01. The van der Waals surface area contributed by atoms with Gasteiger partial charge >= 0.3 is 0 Å². The van der Waals surface area contributed by atoms with E-state index in [1.807, 2.05) is 18.2 Å². The lowest BCUT2D eigenvalue weighted by atomic mass is 9.92. The Morgan fingerprint density at radius 1 is 0.465 bits per heavy atom. The molecule has 7 aromatic carbocycles. The van der Waals surface area contributed by atoms with Crippen LogP contribution in [0.5, 0.6) is 0 Å². The van der Waals surface area contributed by atoms with Crippen LogP contribution < -0.4 is 4.90 Å². The second kappa shape index (κ2) is 9.66. The first-order valence-corrected chi connectivity index (χ1v) is 15.4. The van der Waals surface area contributed by atoms with E-state index in [9.17, 15) is 1.37 Å². The predicted octanol–water partition coefficient (Wildman–Crippen LogP) is 10.3. The lowest BCUT2D eigenvalue weighted by Crippen LogP contribution is -2.10. The van der Waals surface area contributed by atoms with Gasteiger partial charge in [0, 0.05) is 17.1 Å². The first-order valence-electron chi connectivity index (χ1n) is 14.4. The zero-order valence-electron chi connectivity index (χ0n) is 23.6. The molecule has 0 spiro atoms. The molecule has 0 amide bonds. The van der Waals surface area contributed by atoms with Crippen LogP contribution >= 0.6 is 23.5 Å². The minimum Gasteiger partial charge on any atom is -0.310 e. The minimum absolute atomic E-state index is 0.481. The van der Waals surface area contributed by atoms with Crippen LogP contribution in [-0.2, 0) is 0 Å². The Morgan fingerprint density at radius 2 is 1.07 bits per heavy atom. The lowest BCUT2D eigenvalue weighted by Gasteiger charge is -2.25. The van der Waals surface area contributed by atoms with Crippen molar-refractivity contribution in [1.82, 2.24) is 17.5 Å². The van der Waals surface area contributed by atoms with E-state index in [0.717, 1.165) is 61.0 Å². The molecule has 0 atom stereocenters. The molecular formula is C36H21N5S2. The highest BCUT2D eigenvalue weighted by molar-refractivity contribution is 7.00. The standard InChI is InChI=1S/C36H21N5S2/c1-2-6-29-24(5-1)19-32(31-8-4-3-7-30(29)31)25-10-9-23-18-26(12-11-22(23)17-25)41(27-13-15-33-35(20-27)39-42-37-33)28-14-16-34-36(21-28)40-43-38-34/h1-21H/i9D. The van der Waals surface area contributed by atoms with Crippen molar-refractivity contribution in [3.8, 4) is 11.1 Å². The van der Waals surface area contributed by atoms with E-state index in [-0.39, 0.29) is 0 Å². The number of nitrogens with zero attached hydrogens (tertiary/aromatic N) is 5. The van der Waals surface area contributed by atoms with Gasteiger partial charge in [0.2, 0.25) is 0 Å². The summed E-state index contributed by atoms with van der Waals surface area (Å²) in [6, 6.07) is 42.6. The van der Waals surface area contributed by atoms with Crippen LogP contribution in [0.4, 0.5) is 17.1 Å². The van der Waals surface area contributed by atoms with Crippen molar-refractivity contribution in [2.75, 3.05) is 4.90 Å². The Labute approximate surface area is 256 Å². The first-order chi connectivity index (χ1) is 21.7. The summed E-state index contributed by atoms with van der Waals surface area (Å²) in [6.45, 7) is 0. The SMILES string of the molecule is [2H]c1cc(-c2cc3ccccc3c3ccccc23)cc2ccc(N(c3ccc4nsnc4c3)c3ccc4nsnc4c3)cc12. The molecule has 0 fully saturated rings. The first kappa shape index (κ1) is 23.3. The Bertz CT molecular complexity index is 2480. The van der Waals surface area contributed by atoms with E-state index in [1.165, 1.54) is 45.0 Å². The molecule has 0 saturated carbocycles. The summed E-state index contributed by atoms with van der Waals surface area (Å²) in [6.07, 6.45) is 0. The molecule has 0 radical (unpaired) electrons. The Morgan fingerprint density at radius 3 is 1.81 bits per heavy atom. The largest absolute Gasteiger partial charge is 0.310 e. The molecule has 9 aromatic rings. The minimum atomic E-state index is 0.481. The molecule has 5 nitrogen and oxygen atoms in total. The van der Waals surface area contributed by atoms with Crippen LogP contribution in [0.25, 0.3) is 65.5 Å². The van der Waals surface area contributed by atoms with Crippen molar-refractivity contribution in [2.45, 2.75) is 0 Å². The van der Waals surface area contributed by atoms with Gasteiger partial charge in [-0.25, -0.2) is 0 Å². The third-order valence-corrected chi connectivity index (χ3v) is 9.17.